The molecule has 0 bridgehead atoms. The summed E-state index contributed by atoms with van der Waals surface area (Å²) in [6, 6.07) is 10.1. The van der Waals surface area contributed by atoms with Crippen molar-refractivity contribution >= 4 is 22.8 Å². The normalized spacial score (nSPS) is 10.9. The Morgan fingerprint density at radius 2 is 1.88 bits per heavy atom. The zero-order chi connectivity index (χ0) is 12.3. The first kappa shape index (κ1) is 11.3. The second-order valence-corrected chi connectivity index (χ2v) is 3.61. The van der Waals surface area contributed by atoms with E-state index in [1.807, 2.05) is 18.2 Å². The molecular weight excluding hydrogens is 219 g/mol. The Labute approximate surface area is 98.3 Å². The third-order valence-electron chi connectivity index (χ3n) is 2.44. The Bertz CT molecular complexity index is 588. The Morgan fingerprint density at radius 3 is 2.65 bits per heavy atom. The highest BCUT2D eigenvalue weighted by Crippen LogP contribution is 2.18. The van der Waals surface area contributed by atoms with Crippen LogP contribution >= 0.6 is 0 Å². The van der Waals surface area contributed by atoms with Crippen molar-refractivity contribution in [2.24, 2.45) is 0 Å². The van der Waals surface area contributed by atoms with Crippen LogP contribution in [0.4, 0.5) is 4.39 Å². The smallest absolute Gasteiger partial charge is 0.330 e. The van der Waals surface area contributed by atoms with Crippen LogP contribution in [0.2, 0.25) is 0 Å². The molecule has 0 spiro atoms. The first-order valence-electron chi connectivity index (χ1n) is 5.14. The van der Waals surface area contributed by atoms with Gasteiger partial charge in [0.05, 0.1) is 7.11 Å². The van der Waals surface area contributed by atoms with E-state index in [2.05, 4.69) is 4.74 Å². The highest BCUT2D eigenvalue weighted by Gasteiger charge is 1.97. The first-order chi connectivity index (χ1) is 8.19. The fourth-order valence-corrected chi connectivity index (χ4v) is 1.57. The maximum atomic E-state index is 13.0. The number of rotatable bonds is 2. The molecule has 3 heteroatoms. The van der Waals surface area contributed by atoms with Crippen LogP contribution in [0.1, 0.15) is 5.56 Å². The predicted molar refractivity (Wildman–Crippen MR) is 65.0 cm³/mol. The maximum absolute atomic E-state index is 13.0. The van der Waals surface area contributed by atoms with Gasteiger partial charge >= 0.3 is 5.97 Å². The van der Waals surface area contributed by atoms with Crippen LogP contribution in [0, 0.1) is 5.82 Å². The zero-order valence-corrected chi connectivity index (χ0v) is 9.31. The molecule has 0 saturated heterocycles. The lowest BCUT2D eigenvalue weighted by Crippen LogP contribution is -1.93. The van der Waals surface area contributed by atoms with E-state index < -0.39 is 5.97 Å². The molecule has 0 aliphatic heterocycles. The van der Waals surface area contributed by atoms with Gasteiger partial charge in [-0.2, -0.15) is 0 Å². The zero-order valence-electron chi connectivity index (χ0n) is 9.31. The molecular formula is C14H11FO2. The van der Waals surface area contributed by atoms with E-state index in [-0.39, 0.29) is 5.82 Å². The number of benzene rings is 2. The summed E-state index contributed by atoms with van der Waals surface area (Å²) >= 11 is 0. The Hall–Kier alpha value is -2.16. The molecule has 0 aliphatic carbocycles. The molecule has 0 aromatic heterocycles. The molecule has 2 rings (SSSR count). The summed E-state index contributed by atoms with van der Waals surface area (Å²) in [7, 11) is 1.33. The lowest BCUT2D eigenvalue weighted by Gasteiger charge is -1.99. The quantitative estimate of drug-likeness (QED) is 0.585. The monoisotopic (exact) mass is 230 g/mol. The number of carbonyl (C=O) groups is 1. The highest BCUT2D eigenvalue weighted by molar-refractivity contribution is 5.89. The largest absolute Gasteiger partial charge is 0.466 e. The minimum absolute atomic E-state index is 0.254. The molecule has 0 unspecified atom stereocenters. The fourth-order valence-electron chi connectivity index (χ4n) is 1.57. The fraction of sp³-hybridized carbons (Fsp3) is 0.0714. The summed E-state index contributed by atoms with van der Waals surface area (Å²) in [6.07, 6.45) is 3.01. The molecule has 86 valence electrons. The van der Waals surface area contributed by atoms with Gasteiger partial charge in [-0.25, -0.2) is 9.18 Å². The van der Waals surface area contributed by atoms with Gasteiger partial charge in [0, 0.05) is 6.08 Å². The summed E-state index contributed by atoms with van der Waals surface area (Å²) in [5.41, 5.74) is 0.870. The van der Waals surface area contributed by atoms with E-state index in [9.17, 15) is 9.18 Å². The number of hydrogen-bond acceptors (Lipinski definition) is 2. The van der Waals surface area contributed by atoms with Gasteiger partial charge in [-0.1, -0.05) is 18.2 Å². The van der Waals surface area contributed by atoms with Crippen LogP contribution in [0.15, 0.2) is 42.5 Å². The Morgan fingerprint density at radius 1 is 1.18 bits per heavy atom. The summed E-state index contributed by atoms with van der Waals surface area (Å²) in [5.74, 6) is -0.653. The van der Waals surface area contributed by atoms with Crippen LogP contribution < -0.4 is 0 Å². The Balaban J connectivity index is 2.35. The second-order valence-electron chi connectivity index (χ2n) is 3.61. The molecule has 2 aromatic rings. The van der Waals surface area contributed by atoms with Crippen LogP contribution in [-0.4, -0.2) is 13.1 Å². The van der Waals surface area contributed by atoms with Crippen LogP contribution in [0.5, 0.6) is 0 Å². The molecule has 0 heterocycles. The summed E-state index contributed by atoms with van der Waals surface area (Å²) in [5, 5.41) is 1.76. The van der Waals surface area contributed by atoms with Crippen molar-refractivity contribution in [2.45, 2.75) is 0 Å². The maximum Gasteiger partial charge on any atom is 0.330 e. The van der Waals surface area contributed by atoms with Crippen LogP contribution in [0.3, 0.4) is 0 Å². The Kier molecular flexibility index (Phi) is 3.19. The number of halogens is 1. The topological polar surface area (TPSA) is 26.3 Å². The number of fused-ring (bicyclic) bond motifs is 1. The van der Waals surface area contributed by atoms with Gasteiger partial charge in [-0.15, -0.1) is 0 Å². The summed E-state index contributed by atoms with van der Waals surface area (Å²) < 4.78 is 17.5. The van der Waals surface area contributed by atoms with Crippen molar-refractivity contribution in [2.75, 3.05) is 7.11 Å². The van der Waals surface area contributed by atoms with E-state index in [0.29, 0.717) is 0 Å². The molecule has 0 aliphatic rings. The number of esters is 1. The minimum atomic E-state index is -0.399. The number of ether oxygens (including phenoxy) is 1. The first-order valence-corrected chi connectivity index (χ1v) is 5.14. The van der Waals surface area contributed by atoms with Gasteiger partial charge in [0.1, 0.15) is 5.82 Å². The van der Waals surface area contributed by atoms with Crippen molar-refractivity contribution < 1.29 is 13.9 Å². The van der Waals surface area contributed by atoms with Crippen molar-refractivity contribution in [1.29, 1.82) is 0 Å². The van der Waals surface area contributed by atoms with Gasteiger partial charge < -0.3 is 4.74 Å². The van der Waals surface area contributed by atoms with Crippen molar-refractivity contribution in [3.63, 3.8) is 0 Å². The SMILES string of the molecule is COC(=O)/C=C/c1ccc2cc(F)ccc2c1. The number of methoxy groups -OCH3 is 1. The van der Waals surface area contributed by atoms with Gasteiger partial charge in [0.25, 0.3) is 0 Å². The second kappa shape index (κ2) is 4.78. The summed E-state index contributed by atoms with van der Waals surface area (Å²) in [4.78, 5) is 10.9. The molecule has 0 amide bonds. The number of hydrogen-bond donors (Lipinski definition) is 0. The lowest BCUT2D eigenvalue weighted by atomic mass is 10.1. The third-order valence-corrected chi connectivity index (χ3v) is 2.44. The van der Waals surface area contributed by atoms with Gasteiger partial charge in [-0.3, -0.25) is 0 Å². The lowest BCUT2D eigenvalue weighted by molar-refractivity contribution is -0.134. The van der Waals surface area contributed by atoms with E-state index >= 15 is 0 Å². The van der Waals surface area contributed by atoms with Gasteiger partial charge in [-0.05, 0) is 40.6 Å². The predicted octanol–water partition coefficient (Wildman–Crippen LogP) is 3.17. The molecule has 0 radical (unpaired) electrons. The van der Waals surface area contributed by atoms with Crippen molar-refractivity contribution in [1.82, 2.24) is 0 Å². The summed E-state index contributed by atoms with van der Waals surface area (Å²) in [6.45, 7) is 0. The van der Waals surface area contributed by atoms with Gasteiger partial charge in [0.15, 0.2) is 0 Å². The third kappa shape index (κ3) is 2.69. The number of carbonyl (C=O) groups excluding carboxylic acids is 1. The molecule has 0 fully saturated rings. The van der Waals surface area contributed by atoms with Crippen LogP contribution in [0.25, 0.3) is 16.8 Å². The average Bonchev–Trinajstić information content (AvgIpc) is 2.35. The highest BCUT2D eigenvalue weighted by atomic mass is 19.1. The molecule has 2 nitrogen and oxygen atoms in total. The minimum Gasteiger partial charge on any atom is -0.466 e. The van der Waals surface area contributed by atoms with E-state index in [0.717, 1.165) is 16.3 Å². The average molecular weight is 230 g/mol. The van der Waals surface area contributed by atoms with Crippen molar-refractivity contribution in [3.05, 3.63) is 53.9 Å². The van der Waals surface area contributed by atoms with E-state index in [1.165, 1.54) is 25.3 Å². The standard InChI is InChI=1S/C14H11FO2/c1-17-14(16)7-3-10-2-4-12-9-13(15)6-5-11(12)8-10/h2-9H,1H3/b7-3+. The molecule has 0 N–H and O–H groups in total. The van der Waals surface area contributed by atoms with E-state index in [4.69, 9.17) is 0 Å². The molecule has 0 atom stereocenters. The molecule has 2 aromatic carbocycles. The molecule has 0 saturated carbocycles. The van der Waals surface area contributed by atoms with Crippen molar-refractivity contribution in [3.8, 4) is 0 Å². The molecule has 17 heavy (non-hydrogen) atoms. The van der Waals surface area contributed by atoms with E-state index in [1.54, 1.807) is 12.1 Å². The van der Waals surface area contributed by atoms with Crippen LogP contribution in [-0.2, 0) is 9.53 Å². The van der Waals surface area contributed by atoms with Gasteiger partial charge in [0.2, 0.25) is 0 Å².